The molecule has 1 heterocycles. The molecule has 0 atom stereocenters. The van der Waals surface area contributed by atoms with Crippen LogP contribution < -0.4 is 5.43 Å². The van der Waals surface area contributed by atoms with Crippen molar-refractivity contribution in [1.82, 2.24) is 14.8 Å². The number of carbonyl (C=O) groups excluding carboxylic acids is 1. The van der Waals surface area contributed by atoms with E-state index in [2.05, 4.69) is 20.7 Å². The molecule has 0 radical (unpaired) electrons. The van der Waals surface area contributed by atoms with Crippen LogP contribution in [0.4, 0.5) is 5.69 Å². The molecule has 0 aliphatic heterocycles. The van der Waals surface area contributed by atoms with E-state index in [0.717, 1.165) is 23.0 Å². The van der Waals surface area contributed by atoms with E-state index >= 15 is 0 Å². The number of halogens is 1. The van der Waals surface area contributed by atoms with Crippen LogP contribution in [0.5, 0.6) is 0 Å². The molecule has 4 aromatic rings. The summed E-state index contributed by atoms with van der Waals surface area (Å²) < 4.78 is 7.10. The summed E-state index contributed by atoms with van der Waals surface area (Å²) in [6, 6.07) is 26.4. The molecule has 4 rings (SSSR count). The largest absolute Gasteiger partial charge is 0.461 e. The number of thioether (sulfide) groups is 1. The number of ether oxygens (including phenoxy) is 1. The molecule has 0 spiro atoms. The summed E-state index contributed by atoms with van der Waals surface area (Å²) in [5.74, 6) is 0.0889. The molecule has 0 aliphatic rings. The van der Waals surface area contributed by atoms with Crippen LogP contribution in [0.25, 0.3) is 17.1 Å². The first-order chi connectivity index (χ1) is 16.2. The molecule has 1 N–H and O–H groups in total. The predicted octanol–water partition coefficient (Wildman–Crippen LogP) is 5.67. The number of benzene rings is 3. The number of rotatable bonds is 6. The fourth-order valence-electron chi connectivity index (χ4n) is 2.95. The van der Waals surface area contributed by atoms with Crippen LogP contribution in [0.2, 0.25) is 5.02 Å². The Morgan fingerprint density at radius 2 is 1.67 bits per heavy atom. The number of hydrazone groups is 1. The number of nitrogens with one attached hydrogen (secondary N) is 1. The Balaban J connectivity index is 1.72. The number of hydrogen-bond donors (Lipinski definition) is 1. The van der Waals surface area contributed by atoms with E-state index in [4.69, 9.17) is 16.3 Å². The van der Waals surface area contributed by atoms with Gasteiger partial charge in [0.1, 0.15) is 0 Å². The smallest absolute Gasteiger partial charge is 0.365 e. The Labute approximate surface area is 200 Å². The summed E-state index contributed by atoms with van der Waals surface area (Å²) in [5, 5.41) is 14.2. The van der Waals surface area contributed by atoms with Crippen molar-refractivity contribution in [3.05, 3.63) is 90.0 Å². The van der Waals surface area contributed by atoms with Crippen LogP contribution in [0.3, 0.4) is 0 Å². The number of aromatic nitrogens is 3. The van der Waals surface area contributed by atoms with E-state index in [1.165, 1.54) is 0 Å². The molecule has 0 saturated heterocycles. The van der Waals surface area contributed by atoms with Gasteiger partial charge in [0.05, 0.1) is 12.3 Å². The molecule has 33 heavy (non-hydrogen) atoms. The maximum absolute atomic E-state index is 12.7. The van der Waals surface area contributed by atoms with E-state index in [9.17, 15) is 4.79 Å². The molecule has 9 heteroatoms. The van der Waals surface area contributed by atoms with Gasteiger partial charge in [-0.1, -0.05) is 60.1 Å². The van der Waals surface area contributed by atoms with Crippen molar-refractivity contribution in [2.24, 2.45) is 5.10 Å². The molecule has 0 bridgehead atoms. The molecule has 0 amide bonds. The lowest BCUT2D eigenvalue weighted by Gasteiger charge is -2.11. The van der Waals surface area contributed by atoms with Crippen LogP contribution in [-0.4, -0.2) is 32.4 Å². The average Bonchev–Trinajstić information content (AvgIpc) is 3.27. The highest BCUT2D eigenvalue weighted by atomic mass is 35.5. The van der Waals surface area contributed by atoms with Gasteiger partial charge in [0, 0.05) is 16.3 Å². The van der Waals surface area contributed by atoms with Crippen LogP contribution in [-0.2, 0) is 9.53 Å². The molecule has 166 valence electrons. The number of carbonyl (C=O) groups is 1. The number of esters is 1. The van der Waals surface area contributed by atoms with Crippen LogP contribution in [0.15, 0.2) is 95.2 Å². The number of hydrogen-bond acceptors (Lipinski definition) is 7. The highest BCUT2D eigenvalue weighted by molar-refractivity contribution is 8.15. The summed E-state index contributed by atoms with van der Waals surface area (Å²) in [5.41, 5.74) is 5.31. The fourth-order valence-corrected chi connectivity index (χ4v) is 3.85. The first-order valence-electron chi connectivity index (χ1n) is 10.2. The van der Waals surface area contributed by atoms with Gasteiger partial charge in [0.15, 0.2) is 5.82 Å². The minimum absolute atomic E-state index is 0.0935. The van der Waals surface area contributed by atoms with E-state index in [0.29, 0.717) is 21.7 Å². The summed E-state index contributed by atoms with van der Waals surface area (Å²) in [7, 11) is 0. The van der Waals surface area contributed by atoms with Crippen molar-refractivity contribution in [1.29, 1.82) is 0 Å². The summed E-state index contributed by atoms with van der Waals surface area (Å²) in [4.78, 5) is 12.7. The molecular formula is C24H20ClN5O2S. The zero-order valence-electron chi connectivity index (χ0n) is 17.7. The monoisotopic (exact) mass is 477 g/mol. The van der Waals surface area contributed by atoms with E-state index in [1.54, 1.807) is 31.2 Å². The highest BCUT2D eigenvalue weighted by Gasteiger charge is 2.22. The lowest BCUT2D eigenvalue weighted by Crippen LogP contribution is -2.17. The quantitative estimate of drug-likeness (QED) is 0.127. The number of anilines is 1. The van der Waals surface area contributed by atoms with Gasteiger partial charge in [-0.05, 0) is 55.1 Å². The third kappa shape index (κ3) is 5.60. The van der Waals surface area contributed by atoms with E-state index in [1.807, 2.05) is 65.2 Å². The van der Waals surface area contributed by atoms with Crippen molar-refractivity contribution in [3.63, 3.8) is 0 Å². The molecule has 7 nitrogen and oxygen atoms in total. The molecule has 0 saturated carbocycles. The first-order valence-corrected chi connectivity index (χ1v) is 11.4. The Morgan fingerprint density at radius 1 is 1.00 bits per heavy atom. The maximum atomic E-state index is 12.7. The zero-order valence-corrected chi connectivity index (χ0v) is 19.3. The molecule has 3 aromatic carbocycles. The molecular weight excluding hydrogens is 458 g/mol. The fraction of sp³-hybridized carbons (Fsp3) is 0.0833. The minimum atomic E-state index is -0.562. The van der Waals surface area contributed by atoms with Crippen LogP contribution in [0, 0.1) is 0 Å². The van der Waals surface area contributed by atoms with Crippen LogP contribution >= 0.6 is 23.4 Å². The van der Waals surface area contributed by atoms with Crippen molar-refractivity contribution in [2.45, 2.75) is 12.1 Å². The van der Waals surface area contributed by atoms with Gasteiger partial charge >= 0.3 is 5.97 Å². The SMILES string of the molecule is CCOC(=O)/C(=N\Nc1ccc(Cl)cc1)Sc1nnc(-c2ccccc2)n1-c1ccccc1. The zero-order chi connectivity index (χ0) is 23.0. The van der Waals surface area contributed by atoms with Gasteiger partial charge in [-0.2, -0.15) is 5.10 Å². The second-order valence-electron chi connectivity index (χ2n) is 6.70. The van der Waals surface area contributed by atoms with Gasteiger partial charge in [0.25, 0.3) is 0 Å². The summed E-state index contributed by atoms with van der Waals surface area (Å²) in [6.45, 7) is 1.97. The van der Waals surface area contributed by atoms with Gasteiger partial charge in [0.2, 0.25) is 10.2 Å². The predicted molar refractivity (Wildman–Crippen MR) is 132 cm³/mol. The van der Waals surface area contributed by atoms with Gasteiger partial charge < -0.3 is 4.74 Å². The minimum Gasteiger partial charge on any atom is -0.461 e. The van der Waals surface area contributed by atoms with Gasteiger partial charge in [-0.3, -0.25) is 9.99 Å². The lowest BCUT2D eigenvalue weighted by molar-refractivity contribution is -0.134. The van der Waals surface area contributed by atoms with E-state index < -0.39 is 5.97 Å². The maximum Gasteiger partial charge on any atom is 0.365 e. The third-order valence-corrected chi connectivity index (χ3v) is 5.60. The second-order valence-corrected chi connectivity index (χ2v) is 8.09. The Hall–Kier alpha value is -3.62. The lowest BCUT2D eigenvalue weighted by atomic mass is 10.2. The summed E-state index contributed by atoms with van der Waals surface area (Å²) in [6.07, 6.45) is 0. The van der Waals surface area contributed by atoms with Gasteiger partial charge in [-0.15, -0.1) is 10.2 Å². The topological polar surface area (TPSA) is 81.4 Å². The third-order valence-electron chi connectivity index (χ3n) is 4.45. The highest BCUT2D eigenvalue weighted by Crippen LogP contribution is 2.29. The van der Waals surface area contributed by atoms with Crippen molar-refractivity contribution in [3.8, 4) is 17.1 Å². The molecule has 0 fully saturated rings. The normalized spacial score (nSPS) is 11.3. The molecule has 0 unspecified atom stereocenters. The van der Waals surface area contributed by atoms with Crippen molar-refractivity contribution in [2.75, 3.05) is 12.0 Å². The second kappa shape index (κ2) is 10.8. The Morgan fingerprint density at radius 3 is 2.33 bits per heavy atom. The molecule has 0 aliphatic carbocycles. The molecule has 1 aromatic heterocycles. The van der Waals surface area contributed by atoms with Crippen molar-refractivity contribution >= 4 is 40.1 Å². The van der Waals surface area contributed by atoms with Crippen molar-refractivity contribution < 1.29 is 9.53 Å². The first kappa shape index (κ1) is 22.6. The number of nitrogens with zero attached hydrogens (tertiary/aromatic N) is 4. The van der Waals surface area contributed by atoms with Gasteiger partial charge in [-0.25, -0.2) is 4.79 Å². The summed E-state index contributed by atoms with van der Waals surface area (Å²) >= 11 is 7.01. The standard InChI is InChI=1S/C24H20ClN5O2S/c1-2-32-23(31)22(28-26-19-15-13-18(25)14-16-19)33-24-29-27-21(17-9-5-3-6-10-17)30(24)20-11-7-4-8-12-20/h3-16,26H,2H2,1H3/b28-22+. The van der Waals surface area contributed by atoms with Crippen LogP contribution in [0.1, 0.15) is 6.92 Å². The number of para-hydroxylation sites is 1. The Kier molecular flexibility index (Phi) is 7.39. The Bertz CT molecular complexity index is 1250. The average molecular weight is 478 g/mol. The van der Waals surface area contributed by atoms with E-state index in [-0.39, 0.29) is 11.7 Å².